The highest BCUT2D eigenvalue weighted by molar-refractivity contribution is 5.38. The number of halogens is 1. The Morgan fingerprint density at radius 2 is 1.93 bits per heavy atom. The molecule has 0 saturated carbocycles. The first kappa shape index (κ1) is 20.1. The summed E-state index contributed by atoms with van der Waals surface area (Å²) in [5.74, 6) is 1.02. The third kappa shape index (κ3) is 4.39. The molecule has 4 rings (SSSR count). The van der Waals surface area contributed by atoms with E-state index in [1.807, 2.05) is 31.2 Å². The van der Waals surface area contributed by atoms with Crippen molar-refractivity contribution in [2.45, 2.75) is 44.0 Å². The van der Waals surface area contributed by atoms with E-state index >= 15 is 0 Å². The fraction of sp³-hybridized carbons (Fsp3) is 0.478. The van der Waals surface area contributed by atoms with Gasteiger partial charge in [0.15, 0.2) is 0 Å². The number of hydrogen-bond acceptors (Lipinski definition) is 5. The molecule has 5 nitrogen and oxygen atoms in total. The highest BCUT2D eigenvalue weighted by atomic mass is 19.1. The number of fused-ring (bicyclic) bond motifs is 1. The molecule has 6 heteroatoms. The monoisotopic (exact) mass is 401 g/mol. The van der Waals surface area contributed by atoms with Crippen LogP contribution in [0, 0.1) is 5.82 Å². The molecule has 156 valence electrons. The van der Waals surface area contributed by atoms with E-state index in [4.69, 9.17) is 9.47 Å². The minimum Gasteiger partial charge on any atom is -0.494 e. The van der Waals surface area contributed by atoms with Crippen molar-refractivity contribution >= 4 is 0 Å². The number of hydrogen-bond donors (Lipinski definition) is 2. The van der Waals surface area contributed by atoms with Crippen LogP contribution in [0.1, 0.15) is 49.5 Å². The Bertz CT molecular complexity index is 833. The third-order valence-electron chi connectivity index (χ3n) is 6.00. The Balaban J connectivity index is 1.35. The Morgan fingerprint density at radius 3 is 2.62 bits per heavy atom. The van der Waals surface area contributed by atoms with Crippen molar-refractivity contribution in [2.24, 2.45) is 0 Å². The molecule has 1 fully saturated rings. The average molecular weight is 401 g/mol. The van der Waals surface area contributed by atoms with Gasteiger partial charge in [-0.2, -0.15) is 0 Å². The van der Waals surface area contributed by atoms with Gasteiger partial charge in [0, 0.05) is 31.6 Å². The molecule has 2 N–H and O–H groups in total. The first-order valence-corrected chi connectivity index (χ1v) is 10.3. The lowest BCUT2D eigenvalue weighted by molar-refractivity contribution is -0.0589. The van der Waals surface area contributed by atoms with Crippen LogP contribution in [0.15, 0.2) is 42.5 Å². The summed E-state index contributed by atoms with van der Waals surface area (Å²) in [5, 5.41) is 21.1. The van der Waals surface area contributed by atoms with E-state index in [1.54, 1.807) is 6.07 Å². The van der Waals surface area contributed by atoms with Gasteiger partial charge < -0.3 is 24.6 Å². The number of rotatable bonds is 5. The van der Waals surface area contributed by atoms with Gasteiger partial charge in [0.25, 0.3) is 0 Å². The molecule has 0 aromatic heterocycles. The molecule has 0 aliphatic carbocycles. The summed E-state index contributed by atoms with van der Waals surface area (Å²) in [6.07, 6.45) is 0.712. The molecule has 0 radical (unpaired) electrons. The number of piperidine rings is 1. The zero-order chi connectivity index (χ0) is 20.4. The fourth-order valence-electron chi connectivity index (χ4n) is 4.36. The summed E-state index contributed by atoms with van der Waals surface area (Å²) in [7, 11) is 0. The molecular weight excluding hydrogens is 373 g/mol. The van der Waals surface area contributed by atoms with Crippen molar-refractivity contribution in [3.05, 3.63) is 59.4 Å². The van der Waals surface area contributed by atoms with Gasteiger partial charge in [0.1, 0.15) is 22.9 Å². The molecule has 0 unspecified atom stereocenters. The fourth-order valence-corrected chi connectivity index (χ4v) is 4.36. The van der Waals surface area contributed by atoms with Crippen molar-refractivity contribution in [3.8, 4) is 11.5 Å². The van der Waals surface area contributed by atoms with Crippen molar-refractivity contribution in [1.29, 1.82) is 0 Å². The molecule has 2 heterocycles. The minimum atomic E-state index is -0.713. The van der Waals surface area contributed by atoms with E-state index in [0.29, 0.717) is 30.9 Å². The van der Waals surface area contributed by atoms with E-state index < -0.39 is 17.8 Å². The summed E-state index contributed by atoms with van der Waals surface area (Å²) >= 11 is 0. The molecule has 0 bridgehead atoms. The van der Waals surface area contributed by atoms with Crippen LogP contribution >= 0.6 is 0 Å². The van der Waals surface area contributed by atoms with Gasteiger partial charge in [-0.1, -0.05) is 12.1 Å². The van der Waals surface area contributed by atoms with Crippen molar-refractivity contribution in [3.63, 3.8) is 0 Å². The first-order valence-electron chi connectivity index (χ1n) is 10.3. The van der Waals surface area contributed by atoms with Gasteiger partial charge in [-0.25, -0.2) is 4.39 Å². The smallest absolute Gasteiger partial charge is 0.126 e. The van der Waals surface area contributed by atoms with E-state index in [1.165, 1.54) is 12.1 Å². The van der Waals surface area contributed by atoms with E-state index in [9.17, 15) is 14.6 Å². The number of ether oxygens (including phenoxy) is 2. The molecule has 2 aromatic carbocycles. The van der Waals surface area contributed by atoms with Crippen LogP contribution in [-0.2, 0) is 0 Å². The second kappa shape index (κ2) is 8.30. The van der Waals surface area contributed by atoms with Crippen molar-refractivity contribution in [1.82, 2.24) is 4.90 Å². The van der Waals surface area contributed by atoms with Gasteiger partial charge in [0.05, 0.1) is 18.8 Å². The third-order valence-corrected chi connectivity index (χ3v) is 6.00. The minimum absolute atomic E-state index is 0.361. The van der Waals surface area contributed by atoms with Gasteiger partial charge in [0.2, 0.25) is 0 Å². The Hall–Kier alpha value is -2.15. The van der Waals surface area contributed by atoms with Crippen LogP contribution in [0.2, 0.25) is 0 Å². The SMILES string of the molecule is CCOc1ccc([C@@H](O)CN2CCC3(CC2)C[C@H](O)c2cc(F)ccc2O3)cc1. The van der Waals surface area contributed by atoms with Crippen LogP contribution < -0.4 is 9.47 Å². The number of aliphatic hydroxyl groups excluding tert-OH is 2. The number of benzene rings is 2. The highest BCUT2D eigenvalue weighted by Gasteiger charge is 2.43. The zero-order valence-electron chi connectivity index (χ0n) is 16.7. The van der Waals surface area contributed by atoms with Gasteiger partial charge in [-0.05, 0) is 55.7 Å². The number of aliphatic hydroxyl groups is 2. The van der Waals surface area contributed by atoms with Crippen LogP contribution in [0.25, 0.3) is 0 Å². The number of β-amino-alcohol motifs (C(OH)–C–C–N with tert-alkyl or cyclic N) is 1. The molecule has 0 amide bonds. The Labute approximate surface area is 170 Å². The maximum Gasteiger partial charge on any atom is 0.126 e. The summed E-state index contributed by atoms with van der Waals surface area (Å²) in [5.41, 5.74) is 0.975. The van der Waals surface area contributed by atoms with Gasteiger partial charge in [-0.3, -0.25) is 0 Å². The highest BCUT2D eigenvalue weighted by Crippen LogP contribution is 2.44. The number of nitrogens with zero attached hydrogens (tertiary/aromatic N) is 1. The molecular formula is C23H28FNO4. The summed E-state index contributed by atoms with van der Waals surface area (Å²) in [6, 6.07) is 11.9. The zero-order valence-corrected chi connectivity index (χ0v) is 16.7. The lowest BCUT2D eigenvalue weighted by atomic mass is 9.81. The average Bonchev–Trinajstić information content (AvgIpc) is 2.71. The number of likely N-dealkylation sites (tertiary alicyclic amines) is 1. The molecule has 2 aliphatic rings. The predicted octanol–water partition coefficient (Wildman–Crippen LogP) is 3.61. The topological polar surface area (TPSA) is 62.2 Å². The van der Waals surface area contributed by atoms with Gasteiger partial charge in [-0.15, -0.1) is 0 Å². The van der Waals surface area contributed by atoms with E-state index in [2.05, 4.69) is 4.90 Å². The Morgan fingerprint density at radius 1 is 1.21 bits per heavy atom. The van der Waals surface area contributed by atoms with Crippen molar-refractivity contribution in [2.75, 3.05) is 26.2 Å². The molecule has 29 heavy (non-hydrogen) atoms. The molecule has 2 aromatic rings. The van der Waals surface area contributed by atoms with Crippen LogP contribution in [0.3, 0.4) is 0 Å². The van der Waals surface area contributed by atoms with Gasteiger partial charge >= 0.3 is 0 Å². The van der Waals surface area contributed by atoms with E-state index in [0.717, 1.165) is 37.2 Å². The largest absolute Gasteiger partial charge is 0.494 e. The van der Waals surface area contributed by atoms with Crippen molar-refractivity contribution < 1.29 is 24.1 Å². The second-order valence-electron chi connectivity index (χ2n) is 8.01. The molecule has 2 atom stereocenters. The molecule has 1 saturated heterocycles. The lowest BCUT2D eigenvalue weighted by Crippen LogP contribution is -2.51. The van der Waals surface area contributed by atoms with Crippen LogP contribution in [0.4, 0.5) is 4.39 Å². The summed E-state index contributed by atoms with van der Waals surface area (Å²) in [6.45, 7) is 4.66. The summed E-state index contributed by atoms with van der Waals surface area (Å²) in [4.78, 5) is 2.22. The maximum atomic E-state index is 13.5. The quantitative estimate of drug-likeness (QED) is 0.802. The Kier molecular flexibility index (Phi) is 5.76. The standard InChI is InChI=1S/C23H28FNO4/c1-2-28-18-6-3-16(4-7-18)21(27)15-25-11-9-23(10-12-25)14-20(26)19-13-17(24)5-8-22(19)29-23/h3-8,13,20-21,26-27H,2,9-12,14-15H2,1H3/t20-,21-/m0/s1. The second-order valence-corrected chi connectivity index (χ2v) is 8.01. The van der Waals surface area contributed by atoms with Crippen LogP contribution in [0.5, 0.6) is 11.5 Å². The lowest BCUT2D eigenvalue weighted by Gasteiger charge is -2.46. The summed E-state index contributed by atoms with van der Waals surface area (Å²) < 4.78 is 25.1. The van der Waals surface area contributed by atoms with E-state index in [-0.39, 0.29) is 5.82 Å². The first-order chi connectivity index (χ1) is 14.0. The maximum absolute atomic E-state index is 13.5. The molecule has 2 aliphatic heterocycles. The molecule has 1 spiro atoms. The predicted molar refractivity (Wildman–Crippen MR) is 108 cm³/mol. The normalized spacial score (nSPS) is 22.0. The van der Waals surface area contributed by atoms with Crippen LogP contribution in [-0.4, -0.2) is 47.0 Å².